The van der Waals surface area contributed by atoms with E-state index < -0.39 is 0 Å². The summed E-state index contributed by atoms with van der Waals surface area (Å²) in [4.78, 5) is 0. The molecular weight excluding hydrogens is 232 g/mol. The Morgan fingerprint density at radius 3 is 2.21 bits per heavy atom. The van der Waals surface area contributed by atoms with Crippen LogP contribution < -0.4 is 0 Å². The van der Waals surface area contributed by atoms with Gasteiger partial charge in [0, 0.05) is 12.4 Å². The molecule has 0 radical (unpaired) electrons. The Morgan fingerprint density at radius 2 is 1.68 bits per heavy atom. The smallest absolute Gasteiger partial charge is 0.0708 e. The third-order valence-corrected chi connectivity index (χ3v) is 3.49. The van der Waals surface area contributed by atoms with E-state index in [0.29, 0.717) is 0 Å². The van der Waals surface area contributed by atoms with Crippen molar-refractivity contribution in [2.24, 2.45) is 12.5 Å². The molecule has 0 saturated carbocycles. The van der Waals surface area contributed by atoms with Crippen LogP contribution in [0.3, 0.4) is 0 Å². The average molecular weight is 258 g/mol. The molecule has 0 amide bonds. The third kappa shape index (κ3) is 2.99. The second-order valence-electron chi connectivity index (χ2n) is 7.79. The molecule has 2 heteroatoms. The highest BCUT2D eigenvalue weighted by atomic mass is 15.3. The Hall–Kier alpha value is -1.31. The predicted octanol–water partition coefficient (Wildman–Crippen LogP) is 4.46. The van der Waals surface area contributed by atoms with E-state index in [-0.39, 0.29) is 10.8 Å². The van der Waals surface area contributed by atoms with Crippen molar-refractivity contribution >= 4 is 10.9 Å². The van der Waals surface area contributed by atoms with Crippen LogP contribution in [-0.2, 0) is 18.9 Å². The van der Waals surface area contributed by atoms with Crippen molar-refractivity contribution in [3.63, 3.8) is 0 Å². The standard InChI is InChI=1S/C17H26N2/c1-16(2,3)11-14-13-9-8-12(17(4,5)6)10-15(13)19(7)18-14/h8-10H,11H2,1-7H3. The van der Waals surface area contributed by atoms with Gasteiger partial charge in [-0.3, -0.25) is 4.68 Å². The van der Waals surface area contributed by atoms with Gasteiger partial charge in [-0.05, 0) is 28.9 Å². The first-order valence-corrected chi connectivity index (χ1v) is 7.04. The molecule has 1 heterocycles. The fraction of sp³-hybridized carbons (Fsp3) is 0.588. The number of nitrogens with zero attached hydrogens (tertiary/aromatic N) is 2. The number of aryl methyl sites for hydroxylation is 1. The molecule has 0 aliphatic rings. The number of fused-ring (bicyclic) bond motifs is 1. The van der Waals surface area contributed by atoms with Crippen molar-refractivity contribution in [2.45, 2.75) is 53.4 Å². The van der Waals surface area contributed by atoms with E-state index in [1.54, 1.807) is 0 Å². The highest BCUT2D eigenvalue weighted by molar-refractivity contribution is 5.83. The Morgan fingerprint density at radius 1 is 1.05 bits per heavy atom. The van der Waals surface area contributed by atoms with Gasteiger partial charge in [0.1, 0.15) is 0 Å². The number of benzene rings is 1. The first-order valence-electron chi connectivity index (χ1n) is 7.04. The van der Waals surface area contributed by atoms with Crippen LogP contribution in [0.1, 0.15) is 52.8 Å². The summed E-state index contributed by atoms with van der Waals surface area (Å²) in [7, 11) is 2.04. The number of aromatic nitrogens is 2. The third-order valence-electron chi connectivity index (χ3n) is 3.49. The van der Waals surface area contributed by atoms with Crippen LogP contribution in [0.4, 0.5) is 0 Å². The van der Waals surface area contributed by atoms with Crippen molar-refractivity contribution < 1.29 is 0 Å². The van der Waals surface area contributed by atoms with E-state index in [9.17, 15) is 0 Å². The van der Waals surface area contributed by atoms with Crippen molar-refractivity contribution in [2.75, 3.05) is 0 Å². The SMILES string of the molecule is Cn1nc(CC(C)(C)C)c2ccc(C(C)(C)C)cc21. The van der Waals surface area contributed by atoms with Gasteiger partial charge in [-0.25, -0.2) is 0 Å². The van der Waals surface area contributed by atoms with Crippen LogP contribution in [0.5, 0.6) is 0 Å². The van der Waals surface area contributed by atoms with Gasteiger partial charge in [-0.1, -0.05) is 53.7 Å². The molecule has 0 N–H and O–H groups in total. The molecule has 104 valence electrons. The zero-order valence-electron chi connectivity index (χ0n) is 13.3. The summed E-state index contributed by atoms with van der Waals surface area (Å²) in [6.45, 7) is 13.5. The van der Waals surface area contributed by atoms with Crippen LogP contribution in [0.15, 0.2) is 18.2 Å². The fourth-order valence-electron chi connectivity index (χ4n) is 2.43. The van der Waals surface area contributed by atoms with Gasteiger partial charge in [-0.2, -0.15) is 5.10 Å². The second kappa shape index (κ2) is 4.36. The highest BCUT2D eigenvalue weighted by Crippen LogP contribution is 2.30. The minimum Gasteiger partial charge on any atom is -0.268 e. The zero-order valence-corrected chi connectivity index (χ0v) is 13.3. The molecule has 0 bridgehead atoms. The molecule has 0 atom stereocenters. The summed E-state index contributed by atoms with van der Waals surface area (Å²) >= 11 is 0. The quantitative estimate of drug-likeness (QED) is 0.738. The van der Waals surface area contributed by atoms with Crippen molar-refractivity contribution in [3.05, 3.63) is 29.5 Å². The van der Waals surface area contributed by atoms with Crippen LogP contribution in [0.2, 0.25) is 0 Å². The maximum atomic E-state index is 4.71. The topological polar surface area (TPSA) is 17.8 Å². The Balaban J connectivity index is 2.55. The minimum atomic E-state index is 0.183. The molecule has 0 saturated heterocycles. The van der Waals surface area contributed by atoms with Gasteiger partial charge in [0.25, 0.3) is 0 Å². The van der Waals surface area contributed by atoms with Crippen molar-refractivity contribution in [3.8, 4) is 0 Å². The summed E-state index contributed by atoms with van der Waals surface area (Å²) in [5.41, 5.74) is 4.27. The summed E-state index contributed by atoms with van der Waals surface area (Å²) in [5, 5.41) is 6.01. The van der Waals surface area contributed by atoms with Crippen molar-refractivity contribution in [1.82, 2.24) is 9.78 Å². The summed E-state index contributed by atoms with van der Waals surface area (Å²) in [6, 6.07) is 6.77. The van der Waals surface area contributed by atoms with Crippen LogP contribution >= 0.6 is 0 Å². The molecule has 1 aromatic carbocycles. The van der Waals surface area contributed by atoms with E-state index in [1.165, 1.54) is 22.2 Å². The lowest BCUT2D eigenvalue weighted by molar-refractivity contribution is 0.405. The summed E-state index contributed by atoms with van der Waals surface area (Å²) in [5.74, 6) is 0. The maximum Gasteiger partial charge on any atom is 0.0708 e. The van der Waals surface area contributed by atoms with E-state index in [2.05, 4.69) is 59.7 Å². The highest BCUT2D eigenvalue weighted by Gasteiger charge is 2.19. The first-order chi connectivity index (χ1) is 8.58. The largest absolute Gasteiger partial charge is 0.268 e. The Labute approximate surface area is 116 Å². The summed E-state index contributed by atoms with van der Waals surface area (Å²) < 4.78 is 2.02. The molecule has 2 nitrogen and oxygen atoms in total. The second-order valence-corrected chi connectivity index (χ2v) is 7.79. The molecular formula is C17H26N2. The molecule has 0 unspecified atom stereocenters. The van der Waals surface area contributed by atoms with Gasteiger partial charge in [0.2, 0.25) is 0 Å². The van der Waals surface area contributed by atoms with Gasteiger partial charge in [-0.15, -0.1) is 0 Å². The number of rotatable bonds is 1. The molecule has 19 heavy (non-hydrogen) atoms. The van der Waals surface area contributed by atoms with Crippen LogP contribution in [0.25, 0.3) is 10.9 Å². The van der Waals surface area contributed by atoms with Crippen molar-refractivity contribution in [1.29, 1.82) is 0 Å². The first kappa shape index (κ1) is 14.1. The normalized spacial score (nSPS) is 13.2. The van der Waals surface area contributed by atoms with E-state index >= 15 is 0 Å². The molecule has 0 spiro atoms. The lowest BCUT2D eigenvalue weighted by Gasteiger charge is -2.19. The van der Waals surface area contributed by atoms with E-state index in [1.807, 2.05) is 11.7 Å². The van der Waals surface area contributed by atoms with E-state index in [4.69, 9.17) is 5.10 Å². The Bertz CT molecular complexity index is 592. The Kier molecular flexibility index (Phi) is 3.24. The maximum absolute atomic E-state index is 4.71. The van der Waals surface area contributed by atoms with Gasteiger partial charge >= 0.3 is 0 Å². The van der Waals surface area contributed by atoms with Crippen LogP contribution in [0, 0.1) is 5.41 Å². The van der Waals surface area contributed by atoms with E-state index in [0.717, 1.165) is 6.42 Å². The molecule has 2 aromatic rings. The monoisotopic (exact) mass is 258 g/mol. The van der Waals surface area contributed by atoms with Crippen LogP contribution in [-0.4, -0.2) is 9.78 Å². The molecule has 0 aliphatic heterocycles. The minimum absolute atomic E-state index is 0.183. The van der Waals surface area contributed by atoms with Gasteiger partial charge in [0.05, 0.1) is 11.2 Å². The number of hydrogen-bond donors (Lipinski definition) is 0. The molecule has 0 fully saturated rings. The summed E-state index contributed by atoms with van der Waals surface area (Å²) in [6.07, 6.45) is 1.01. The lowest BCUT2D eigenvalue weighted by atomic mass is 9.85. The molecule has 0 aliphatic carbocycles. The fourth-order valence-corrected chi connectivity index (χ4v) is 2.43. The lowest BCUT2D eigenvalue weighted by Crippen LogP contribution is -2.11. The molecule has 2 rings (SSSR count). The van der Waals surface area contributed by atoms with Gasteiger partial charge < -0.3 is 0 Å². The molecule has 1 aromatic heterocycles. The number of hydrogen-bond acceptors (Lipinski definition) is 1. The average Bonchev–Trinajstić information content (AvgIpc) is 2.52. The predicted molar refractivity (Wildman–Crippen MR) is 82.6 cm³/mol. The van der Waals surface area contributed by atoms with Gasteiger partial charge in [0.15, 0.2) is 0 Å². The zero-order chi connectivity index (χ0) is 14.4.